The number of allylic oxidation sites excluding steroid dienone is 4. The Labute approximate surface area is 363 Å². The summed E-state index contributed by atoms with van der Waals surface area (Å²) >= 11 is 0. The molecule has 0 amide bonds. The van der Waals surface area contributed by atoms with Gasteiger partial charge < -0.3 is 9.47 Å². The molecule has 0 bridgehead atoms. The van der Waals surface area contributed by atoms with Crippen molar-refractivity contribution < 1.29 is 0 Å². The number of rotatable bonds is 6. The molecule has 296 valence electrons. The van der Waals surface area contributed by atoms with Crippen molar-refractivity contribution >= 4 is 60.4 Å². The number of fused-ring (bicyclic) bond motifs is 9. The predicted molar refractivity (Wildman–Crippen MR) is 263 cm³/mol. The second-order valence-electron chi connectivity index (χ2n) is 18.0. The third kappa shape index (κ3) is 5.49. The van der Waals surface area contributed by atoms with Gasteiger partial charge in [-0.15, -0.1) is 0 Å². The summed E-state index contributed by atoms with van der Waals surface area (Å²) in [6, 6.07) is 71.9. The molecule has 2 heteroatoms. The van der Waals surface area contributed by atoms with Crippen LogP contribution in [-0.4, -0.2) is 4.57 Å². The van der Waals surface area contributed by atoms with Gasteiger partial charge in [0.25, 0.3) is 0 Å². The van der Waals surface area contributed by atoms with Gasteiger partial charge in [0.05, 0.1) is 11.0 Å². The molecule has 0 N–H and O–H groups in total. The standard InChI is InChI=1S/C60H46N2/c1-59(2)54-34-32-47(39-55(54)60(3)36-12-11-25-58(59)60)61(45-30-26-41(27-31-45)49-22-14-23-50-48-20-8-7-15-40(48)28-33-51(49)50)46-19-13-16-42(37-46)43-29-35-57-53(38-43)52-21-9-10-24-56(52)62(57)44-17-5-4-6-18-44/h4-39,58H,1-3H3. The molecule has 2 nitrogen and oxygen atoms in total. The second-order valence-corrected chi connectivity index (χ2v) is 18.0. The maximum absolute atomic E-state index is 2.47. The molecule has 0 saturated carbocycles. The Hall–Kier alpha value is -7.42. The van der Waals surface area contributed by atoms with Crippen LogP contribution < -0.4 is 4.90 Å². The van der Waals surface area contributed by atoms with Crippen LogP contribution in [0.3, 0.4) is 0 Å². The van der Waals surface area contributed by atoms with Crippen LogP contribution in [0.4, 0.5) is 17.1 Å². The number of hydrogen-bond acceptors (Lipinski definition) is 1. The molecule has 0 spiro atoms. The van der Waals surface area contributed by atoms with E-state index in [0.717, 1.165) is 17.1 Å². The molecule has 1 aromatic heterocycles. The lowest BCUT2D eigenvalue weighted by molar-refractivity contribution is 0.324. The van der Waals surface area contributed by atoms with Crippen LogP contribution in [-0.2, 0) is 10.8 Å². The zero-order valence-corrected chi connectivity index (χ0v) is 35.3. The van der Waals surface area contributed by atoms with Crippen molar-refractivity contribution in [3.63, 3.8) is 0 Å². The zero-order valence-electron chi connectivity index (χ0n) is 35.3. The number of benzene rings is 9. The molecule has 0 saturated heterocycles. The molecule has 0 radical (unpaired) electrons. The molecule has 10 aromatic rings. The van der Waals surface area contributed by atoms with Gasteiger partial charge >= 0.3 is 0 Å². The Bertz CT molecular complexity index is 3460. The van der Waals surface area contributed by atoms with Crippen LogP contribution in [0.15, 0.2) is 218 Å². The first-order chi connectivity index (χ1) is 30.4. The van der Waals surface area contributed by atoms with E-state index in [4.69, 9.17) is 0 Å². The highest BCUT2D eigenvalue weighted by atomic mass is 15.1. The summed E-state index contributed by atoms with van der Waals surface area (Å²) in [5.74, 6) is 0.391. The molecule has 0 fully saturated rings. The number of hydrogen-bond donors (Lipinski definition) is 0. The summed E-state index contributed by atoms with van der Waals surface area (Å²) in [5.41, 5.74) is 14.6. The molecule has 12 rings (SSSR count). The van der Waals surface area contributed by atoms with Gasteiger partial charge in [0.1, 0.15) is 0 Å². The van der Waals surface area contributed by atoms with E-state index < -0.39 is 0 Å². The lowest BCUT2D eigenvalue weighted by atomic mass is 9.67. The minimum atomic E-state index is -0.0894. The van der Waals surface area contributed by atoms with E-state index in [1.165, 1.54) is 82.4 Å². The first-order valence-electron chi connectivity index (χ1n) is 21.9. The van der Waals surface area contributed by atoms with Crippen molar-refractivity contribution in [2.75, 3.05) is 4.90 Å². The third-order valence-electron chi connectivity index (χ3n) is 14.2. The van der Waals surface area contributed by atoms with Crippen LogP contribution in [0.5, 0.6) is 0 Å². The molecular weight excluding hydrogens is 749 g/mol. The van der Waals surface area contributed by atoms with E-state index in [0.29, 0.717) is 5.92 Å². The quantitative estimate of drug-likeness (QED) is 0.152. The minimum Gasteiger partial charge on any atom is -0.310 e. The van der Waals surface area contributed by atoms with E-state index in [9.17, 15) is 0 Å². The van der Waals surface area contributed by atoms with Crippen LogP contribution in [0.25, 0.3) is 71.3 Å². The normalized spacial score (nSPS) is 17.5. The summed E-state index contributed by atoms with van der Waals surface area (Å²) in [7, 11) is 0. The molecule has 1 heterocycles. The second kappa shape index (κ2) is 13.8. The van der Waals surface area contributed by atoms with E-state index in [1.807, 2.05) is 0 Å². The van der Waals surface area contributed by atoms with E-state index in [1.54, 1.807) is 0 Å². The van der Waals surface area contributed by atoms with Crippen LogP contribution >= 0.6 is 0 Å². The summed E-state index contributed by atoms with van der Waals surface area (Å²) < 4.78 is 2.38. The van der Waals surface area contributed by atoms with Crippen LogP contribution in [0.1, 0.15) is 31.9 Å². The zero-order chi connectivity index (χ0) is 41.6. The lowest BCUT2D eigenvalue weighted by Crippen LogP contribution is -2.34. The number of aromatic nitrogens is 1. The van der Waals surface area contributed by atoms with E-state index >= 15 is 0 Å². The van der Waals surface area contributed by atoms with Crippen LogP contribution in [0, 0.1) is 5.92 Å². The fraction of sp³-hybridized carbons (Fsp3) is 0.100. The van der Waals surface area contributed by atoms with Crippen molar-refractivity contribution in [3.05, 3.63) is 230 Å². The number of nitrogens with zero attached hydrogens (tertiary/aromatic N) is 2. The van der Waals surface area contributed by atoms with Crippen molar-refractivity contribution in [2.45, 2.75) is 31.6 Å². The van der Waals surface area contributed by atoms with Gasteiger partial charge in [0.15, 0.2) is 0 Å². The SMILES string of the molecule is CC1(C)c2ccc(N(c3ccc(-c4cccc5c4ccc4ccccc45)cc3)c3cccc(-c4ccc5c(c4)c4ccccc4n5-c4ccccc4)c3)cc2C2(C)C=CC=CC12. The monoisotopic (exact) mass is 794 g/mol. The molecule has 9 aromatic carbocycles. The maximum Gasteiger partial charge on any atom is 0.0541 e. The van der Waals surface area contributed by atoms with Crippen molar-refractivity contribution in [2.24, 2.45) is 5.92 Å². The number of para-hydroxylation sites is 2. The van der Waals surface area contributed by atoms with Gasteiger partial charge in [-0.3, -0.25) is 0 Å². The summed E-state index contributed by atoms with van der Waals surface area (Å²) in [6.07, 6.45) is 9.31. The first kappa shape index (κ1) is 36.4. The summed E-state index contributed by atoms with van der Waals surface area (Å²) in [5, 5.41) is 7.61. The van der Waals surface area contributed by atoms with Crippen LogP contribution in [0.2, 0.25) is 0 Å². The smallest absolute Gasteiger partial charge is 0.0541 e. The Morgan fingerprint density at radius 3 is 2.00 bits per heavy atom. The Morgan fingerprint density at radius 2 is 1.13 bits per heavy atom. The maximum atomic E-state index is 2.47. The van der Waals surface area contributed by atoms with Gasteiger partial charge in [0, 0.05) is 38.9 Å². The molecular formula is C60H46N2. The molecule has 2 atom stereocenters. The predicted octanol–water partition coefficient (Wildman–Crippen LogP) is 16.2. The van der Waals surface area contributed by atoms with Gasteiger partial charge in [-0.2, -0.15) is 0 Å². The minimum absolute atomic E-state index is 0.0162. The van der Waals surface area contributed by atoms with Gasteiger partial charge in [-0.25, -0.2) is 0 Å². The van der Waals surface area contributed by atoms with Crippen molar-refractivity contribution in [3.8, 4) is 27.9 Å². The highest BCUT2D eigenvalue weighted by molar-refractivity contribution is 6.12. The summed E-state index contributed by atoms with van der Waals surface area (Å²) in [6.45, 7) is 7.25. The fourth-order valence-electron chi connectivity index (χ4n) is 11.2. The van der Waals surface area contributed by atoms with Crippen molar-refractivity contribution in [1.29, 1.82) is 0 Å². The Morgan fingerprint density at radius 1 is 0.435 bits per heavy atom. The molecule has 2 aliphatic rings. The summed E-state index contributed by atoms with van der Waals surface area (Å²) in [4.78, 5) is 2.45. The van der Waals surface area contributed by atoms with Crippen molar-refractivity contribution in [1.82, 2.24) is 4.57 Å². The topological polar surface area (TPSA) is 8.17 Å². The molecule has 62 heavy (non-hydrogen) atoms. The van der Waals surface area contributed by atoms with Gasteiger partial charge in [-0.05, 0) is 133 Å². The van der Waals surface area contributed by atoms with E-state index in [2.05, 4.69) is 249 Å². The Balaban J connectivity index is 1.00. The first-order valence-corrected chi connectivity index (χ1v) is 21.9. The third-order valence-corrected chi connectivity index (χ3v) is 14.2. The van der Waals surface area contributed by atoms with Gasteiger partial charge in [0.2, 0.25) is 0 Å². The lowest BCUT2D eigenvalue weighted by Gasteiger charge is -2.36. The highest BCUT2D eigenvalue weighted by Gasteiger charge is 2.51. The highest BCUT2D eigenvalue weighted by Crippen LogP contribution is 2.57. The average molecular weight is 795 g/mol. The fourth-order valence-corrected chi connectivity index (χ4v) is 11.2. The Kier molecular flexibility index (Phi) is 8.11. The van der Waals surface area contributed by atoms with E-state index in [-0.39, 0.29) is 10.8 Å². The largest absolute Gasteiger partial charge is 0.310 e. The molecule has 2 unspecified atom stereocenters. The molecule has 2 aliphatic carbocycles. The number of anilines is 3. The van der Waals surface area contributed by atoms with Gasteiger partial charge in [-0.1, -0.05) is 172 Å². The average Bonchev–Trinajstić information content (AvgIpc) is 3.74. The molecule has 0 aliphatic heterocycles.